The number of pyridine rings is 1. The van der Waals surface area contributed by atoms with Crippen LogP contribution in [0.4, 0.5) is 14.5 Å². The first kappa shape index (κ1) is 12.4. The lowest BCUT2D eigenvalue weighted by molar-refractivity contribution is -0.385. The second-order valence-corrected chi connectivity index (χ2v) is 3.20. The van der Waals surface area contributed by atoms with Gasteiger partial charge in [0.2, 0.25) is 0 Å². The van der Waals surface area contributed by atoms with Crippen molar-refractivity contribution in [3.05, 3.63) is 33.1 Å². The van der Waals surface area contributed by atoms with Gasteiger partial charge in [0, 0.05) is 5.56 Å². The maximum Gasteiger partial charge on any atom is 0.291 e. The summed E-state index contributed by atoms with van der Waals surface area (Å²) < 4.78 is 24.9. The van der Waals surface area contributed by atoms with Crippen molar-refractivity contribution < 1.29 is 18.5 Å². The predicted octanol–water partition coefficient (Wildman–Crippen LogP) is 2.61. The van der Waals surface area contributed by atoms with E-state index in [0.29, 0.717) is 6.20 Å². The third-order valence-electron chi connectivity index (χ3n) is 1.94. The lowest BCUT2D eigenvalue weighted by Gasteiger charge is -2.07. The Hall–Kier alpha value is -1.63. The van der Waals surface area contributed by atoms with E-state index in [1.807, 2.05) is 0 Å². The summed E-state index contributed by atoms with van der Waals surface area (Å²) in [6.45, 7) is 1.17. The topological polar surface area (TPSA) is 73.1 Å². The van der Waals surface area contributed by atoms with Crippen LogP contribution >= 0.6 is 11.6 Å². The van der Waals surface area contributed by atoms with Crippen LogP contribution in [0.15, 0.2) is 6.20 Å². The molecule has 0 saturated heterocycles. The highest BCUT2D eigenvalue weighted by Crippen LogP contribution is 2.29. The molecule has 1 aromatic rings. The maximum absolute atomic E-state index is 12.5. The van der Waals surface area contributed by atoms with Crippen molar-refractivity contribution in [2.45, 2.75) is 13.3 Å². The van der Waals surface area contributed by atoms with Crippen molar-refractivity contribution in [1.82, 2.24) is 4.98 Å². The van der Waals surface area contributed by atoms with E-state index in [4.69, 9.17) is 11.6 Å². The van der Waals surface area contributed by atoms with Crippen molar-refractivity contribution >= 4 is 22.5 Å². The molecule has 0 aliphatic carbocycles. The number of alkyl halides is 2. The van der Waals surface area contributed by atoms with Crippen LogP contribution in [0.2, 0.25) is 0 Å². The van der Waals surface area contributed by atoms with E-state index in [0.717, 1.165) is 0 Å². The molecule has 1 aromatic heterocycles. The smallest absolute Gasteiger partial charge is 0.276 e. The molecule has 0 saturated carbocycles. The molecule has 0 aliphatic heterocycles. The number of carbonyl (C=O) groups excluding carboxylic acids is 1. The molecule has 0 aromatic carbocycles. The fourth-order valence-electron chi connectivity index (χ4n) is 1.21. The summed E-state index contributed by atoms with van der Waals surface area (Å²) in [6, 6.07) is 0. The van der Waals surface area contributed by atoms with Gasteiger partial charge in [-0.3, -0.25) is 14.9 Å². The molecule has 0 aliphatic rings. The second-order valence-electron chi connectivity index (χ2n) is 2.86. The first-order chi connectivity index (χ1) is 7.36. The van der Waals surface area contributed by atoms with Crippen LogP contribution in [0.1, 0.15) is 28.0 Å². The molecule has 0 atom stereocenters. The summed E-state index contributed by atoms with van der Waals surface area (Å²) in [4.78, 5) is 23.8. The molecule has 5 nitrogen and oxygen atoms in total. The van der Waals surface area contributed by atoms with Crippen molar-refractivity contribution in [2.24, 2.45) is 0 Å². The first-order valence-electron chi connectivity index (χ1n) is 3.98. The quantitative estimate of drug-likeness (QED) is 0.469. The molecule has 16 heavy (non-hydrogen) atoms. The van der Waals surface area contributed by atoms with Gasteiger partial charge in [0.05, 0.1) is 10.5 Å². The van der Waals surface area contributed by atoms with Crippen molar-refractivity contribution in [3.63, 3.8) is 0 Å². The summed E-state index contributed by atoms with van der Waals surface area (Å²) in [5.41, 5.74) is -2.18. The van der Waals surface area contributed by atoms with Gasteiger partial charge >= 0.3 is 0 Å². The first-order valence-corrected chi connectivity index (χ1v) is 4.36. The fraction of sp³-hybridized carbons (Fsp3) is 0.250. The molecular formula is C8H5ClF2N2O3. The van der Waals surface area contributed by atoms with Gasteiger partial charge in [-0.1, -0.05) is 0 Å². The minimum absolute atomic E-state index is 0.213. The van der Waals surface area contributed by atoms with E-state index in [1.54, 1.807) is 0 Å². The van der Waals surface area contributed by atoms with Gasteiger partial charge in [0.15, 0.2) is 0 Å². The highest BCUT2D eigenvalue weighted by atomic mass is 35.5. The van der Waals surface area contributed by atoms with Crippen molar-refractivity contribution in [2.75, 3.05) is 0 Å². The maximum atomic E-state index is 12.5. The Labute approximate surface area is 93.2 Å². The number of rotatable bonds is 3. The molecule has 0 bridgehead atoms. The van der Waals surface area contributed by atoms with Crippen LogP contribution in [0.25, 0.3) is 0 Å². The summed E-state index contributed by atoms with van der Waals surface area (Å²) in [5.74, 6) is 0. The van der Waals surface area contributed by atoms with Gasteiger partial charge in [-0.2, -0.15) is 0 Å². The molecule has 0 spiro atoms. The van der Waals surface area contributed by atoms with Crippen molar-refractivity contribution in [3.8, 4) is 0 Å². The zero-order valence-electron chi connectivity index (χ0n) is 7.91. The minimum atomic E-state index is -3.02. The highest BCUT2D eigenvalue weighted by molar-refractivity contribution is 6.68. The molecular weight excluding hydrogens is 246 g/mol. The third-order valence-corrected chi connectivity index (χ3v) is 2.13. The second kappa shape index (κ2) is 4.48. The lowest BCUT2D eigenvalue weighted by atomic mass is 10.1. The van der Waals surface area contributed by atoms with Gasteiger partial charge in [0.25, 0.3) is 17.4 Å². The normalized spacial score (nSPS) is 10.6. The molecule has 1 heterocycles. The average Bonchev–Trinajstić information content (AvgIpc) is 2.15. The van der Waals surface area contributed by atoms with Gasteiger partial charge < -0.3 is 0 Å². The number of hydrogen-bond acceptors (Lipinski definition) is 4. The Kier molecular flexibility index (Phi) is 3.48. The van der Waals surface area contributed by atoms with Crippen LogP contribution in [-0.4, -0.2) is 15.1 Å². The van der Waals surface area contributed by atoms with Gasteiger partial charge in [-0.05, 0) is 18.5 Å². The molecule has 8 heteroatoms. The summed E-state index contributed by atoms with van der Waals surface area (Å²) in [7, 11) is 0. The number of carbonyl (C=O) groups is 1. The van der Waals surface area contributed by atoms with Crippen LogP contribution in [0.3, 0.4) is 0 Å². The number of nitro groups is 1. The Balaban J connectivity index is 3.54. The highest BCUT2D eigenvalue weighted by Gasteiger charge is 2.26. The predicted molar refractivity (Wildman–Crippen MR) is 50.8 cm³/mol. The Morgan fingerprint density at radius 1 is 1.62 bits per heavy atom. The number of hydrogen-bond donors (Lipinski definition) is 0. The van der Waals surface area contributed by atoms with Crippen LogP contribution in [-0.2, 0) is 0 Å². The van der Waals surface area contributed by atoms with E-state index in [2.05, 4.69) is 4.98 Å². The Morgan fingerprint density at radius 3 is 2.56 bits per heavy atom. The Bertz CT molecular complexity index is 465. The zero-order chi connectivity index (χ0) is 12.5. The molecule has 0 fully saturated rings. The van der Waals surface area contributed by atoms with Gasteiger partial charge in [-0.25, -0.2) is 13.8 Å². The van der Waals surface area contributed by atoms with Gasteiger partial charge in [0.1, 0.15) is 11.9 Å². The number of nitrogens with zero attached hydrogens (tertiary/aromatic N) is 2. The molecule has 0 N–H and O–H groups in total. The van der Waals surface area contributed by atoms with E-state index < -0.39 is 33.5 Å². The van der Waals surface area contributed by atoms with Crippen LogP contribution in [0, 0.1) is 17.0 Å². The minimum Gasteiger partial charge on any atom is -0.276 e. The van der Waals surface area contributed by atoms with E-state index in [9.17, 15) is 23.7 Å². The summed E-state index contributed by atoms with van der Waals surface area (Å²) in [6.07, 6.45) is -2.34. The SMILES string of the molecule is Cc1c([N+](=O)[O-])cnc(C(F)F)c1C(=O)Cl. The number of aromatic nitrogens is 1. The molecule has 86 valence electrons. The van der Waals surface area contributed by atoms with E-state index in [1.165, 1.54) is 6.92 Å². The average molecular weight is 251 g/mol. The van der Waals surface area contributed by atoms with E-state index in [-0.39, 0.29) is 5.56 Å². The lowest BCUT2D eigenvalue weighted by Crippen LogP contribution is -2.07. The van der Waals surface area contributed by atoms with Crippen LogP contribution in [0.5, 0.6) is 0 Å². The van der Waals surface area contributed by atoms with Crippen molar-refractivity contribution in [1.29, 1.82) is 0 Å². The number of halogens is 3. The fourth-order valence-corrected chi connectivity index (χ4v) is 1.45. The molecule has 0 radical (unpaired) electrons. The summed E-state index contributed by atoms with van der Waals surface area (Å²) in [5, 5.41) is 9.31. The van der Waals surface area contributed by atoms with E-state index >= 15 is 0 Å². The summed E-state index contributed by atoms with van der Waals surface area (Å²) >= 11 is 5.10. The molecule has 0 amide bonds. The van der Waals surface area contributed by atoms with Gasteiger partial charge in [-0.15, -0.1) is 0 Å². The zero-order valence-corrected chi connectivity index (χ0v) is 8.66. The van der Waals surface area contributed by atoms with Crippen LogP contribution < -0.4 is 0 Å². The largest absolute Gasteiger partial charge is 0.291 e. The molecule has 0 unspecified atom stereocenters. The standard InChI is InChI=1S/C8H5ClF2N2O3/c1-3-4(13(15)16)2-12-6(8(10)11)5(3)7(9)14/h2,8H,1H3. The molecule has 1 rings (SSSR count). The Morgan fingerprint density at radius 2 is 2.19 bits per heavy atom. The monoisotopic (exact) mass is 250 g/mol. The third kappa shape index (κ3) is 2.13.